The van der Waals surface area contributed by atoms with Crippen LogP contribution in [0.5, 0.6) is 0 Å². The van der Waals surface area contributed by atoms with Crippen molar-refractivity contribution in [3.63, 3.8) is 0 Å². The van der Waals surface area contributed by atoms with Crippen LogP contribution in [0.15, 0.2) is 24.3 Å². The lowest BCUT2D eigenvalue weighted by Crippen LogP contribution is -2.41. The van der Waals surface area contributed by atoms with E-state index < -0.39 is 0 Å². The molecule has 0 radical (unpaired) electrons. The zero-order valence-electron chi connectivity index (χ0n) is 12.6. The van der Waals surface area contributed by atoms with Crippen molar-refractivity contribution in [1.82, 2.24) is 5.32 Å². The molecule has 3 nitrogen and oxygen atoms in total. The molecule has 1 aromatic carbocycles. The fourth-order valence-electron chi connectivity index (χ4n) is 2.92. The van der Waals surface area contributed by atoms with E-state index in [1.54, 1.807) is 0 Å². The highest BCUT2D eigenvalue weighted by molar-refractivity contribution is 5.92. The fraction of sp³-hybridized carbons (Fsp3) is 0.588. The Morgan fingerprint density at radius 3 is 2.85 bits per heavy atom. The summed E-state index contributed by atoms with van der Waals surface area (Å²) in [4.78, 5) is 12.0. The van der Waals surface area contributed by atoms with Crippen LogP contribution in [0.4, 0.5) is 5.69 Å². The molecule has 0 aromatic heterocycles. The van der Waals surface area contributed by atoms with Gasteiger partial charge >= 0.3 is 0 Å². The summed E-state index contributed by atoms with van der Waals surface area (Å²) < 4.78 is 0. The van der Waals surface area contributed by atoms with Crippen molar-refractivity contribution >= 4 is 11.6 Å². The lowest BCUT2D eigenvalue weighted by atomic mass is 9.86. The molecule has 2 N–H and O–H groups in total. The van der Waals surface area contributed by atoms with Crippen LogP contribution in [0.25, 0.3) is 0 Å². The Morgan fingerprint density at radius 2 is 2.10 bits per heavy atom. The molecule has 1 aliphatic carbocycles. The summed E-state index contributed by atoms with van der Waals surface area (Å²) in [5.41, 5.74) is 2.14. The molecule has 1 aliphatic rings. The van der Waals surface area contributed by atoms with Gasteiger partial charge in [0.25, 0.3) is 0 Å². The van der Waals surface area contributed by atoms with Crippen molar-refractivity contribution in [3.8, 4) is 0 Å². The van der Waals surface area contributed by atoms with Crippen molar-refractivity contribution in [2.75, 3.05) is 11.9 Å². The first-order valence-electron chi connectivity index (χ1n) is 7.81. The molecule has 1 saturated carbocycles. The van der Waals surface area contributed by atoms with E-state index in [1.165, 1.54) is 31.2 Å². The van der Waals surface area contributed by atoms with Gasteiger partial charge in [0, 0.05) is 11.7 Å². The van der Waals surface area contributed by atoms with Gasteiger partial charge in [0.1, 0.15) is 0 Å². The molecule has 1 fully saturated rings. The van der Waals surface area contributed by atoms with Gasteiger partial charge in [-0.1, -0.05) is 38.8 Å². The van der Waals surface area contributed by atoms with Gasteiger partial charge in [0.05, 0.1) is 6.54 Å². The van der Waals surface area contributed by atoms with E-state index in [0.29, 0.717) is 18.5 Å². The Hall–Kier alpha value is -1.35. The van der Waals surface area contributed by atoms with E-state index in [2.05, 4.69) is 30.5 Å². The van der Waals surface area contributed by atoms with Crippen LogP contribution in [0.3, 0.4) is 0 Å². The summed E-state index contributed by atoms with van der Waals surface area (Å²) in [6.07, 6.45) is 6.07. The SMILES string of the molecule is CCc1cccc(NC(=O)CNC2CCCCC2C)c1. The second-order valence-electron chi connectivity index (χ2n) is 5.85. The van der Waals surface area contributed by atoms with Crippen molar-refractivity contribution in [2.24, 2.45) is 5.92 Å². The van der Waals surface area contributed by atoms with Crippen LogP contribution in [-0.4, -0.2) is 18.5 Å². The molecule has 0 bridgehead atoms. The highest BCUT2D eigenvalue weighted by Gasteiger charge is 2.21. The average Bonchev–Trinajstić information content (AvgIpc) is 2.46. The van der Waals surface area contributed by atoms with Crippen molar-refractivity contribution < 1.29 is 4.79 Å². The summed E-state index contributed by atoms with van der Waals surface area (Å²) >= 11 is 0. The van der Waals surface area contributed by atoms with Gasteiger partial charge in [-0.3, -0.25) is 4.79 Å². The van der Waals surface area contributed by atoms with Gasteiger partial charge in [0.2, 0.25) is 5.91 Å². The number of carbonyl (C=O) groups is 1. The Bertz CT molecular complexity index is 444. The average molecular weight is 274 g/mol. The van der Waals surface area contributed by atoms with E-state index in [1.807, 2.05) is 18.2 Å². The predicted octanol–water partition coefficient (Wildman–Crippen LogP) is 3.36. The molecule has 2 rings (SSSR count). The van der Waals surface area contributed by atoms with Crippen LogP contribution in [0, 0.1) is 5.92 Å². The first kappa shape index (κ1) is 15.0. The minimum atomic E-state index is 0.0519. The molecule has 1 amide bonds. The number of amides is 1. The molecule has 20 heavy (non-hydrogen) atoms. The number of hydrogen-bond donors (Lipinski definition) is 2. The second kappa shape index (κ2) is 7.44. The van der Waals surface area contributed by atoms with Gasteiger partial charge in [-0.15, -0.1) is 0 Å². The number of aryl methyl sites for hydroxylation is 1. The monoisotopic (exact) mass is 274 g/mol. The van der Waals surface area contributed by atoms with Crippen LogP contribution < -0.4 is 10.6 Å². The maximum atomic E-state index is 12.0. The third kappa shape index (κ3) is 4.34. The zero-order valence-corrected chi connectivity index (χ0v) is 12.6. The summed E-state index contributed by atoms with van der Waals surface area (Å²) in [6, 6.07) is 8.56. The Morgan fingerprint density at radius 1 is 1.30 bits per heavy atom. The first-order chi connectivity index (χ1) is 9.69. The van der Waals surface area contributed by atoms with Gasteiger partial charge in [-0.2, -0.15) is 0 Å². The Balaban J connectivity index is 1.79. The smallest absolute Gasteiger partial charge is 0.238 e. The number of hydrogen-bond acceptors (Lipinski definition) is 2. The summed E-state index contributed by atoms with van der Waals surface area (Å²) in [5.74, 6) is 0.732. The van der Waals surface area contributed by atoms with Gasteiger partial charge in [0.15, 0.2) is 0 Å². The minimum Gasteiger partial charge on any atom is -0.325 e. The Kier molecular flexibility index (Phi) is 5.60. The molecule has 1 aromatic rings. The predicted molar refractivity (Wildman–Crippen MR) is 83.9 cm³/mol. The van der Waals surface area contributed by atoms with Crippen LogP contribution in [0.2, 0.25) is 0 Å². The normalized spacial score (nSPS) is 22.5. The van der Waals surface area contributed by atoms with Crippen molar-refractivity contribution in [2.45, 2.75) is 52.0 Å². The molecule has 0 spiro atoms. The largest absolute Gasteiger partial charge is 0.325 e. The molecular formula is C17H26N2O. The van der Waals surface area contributed by atoms with Crippen LogP contribution >= 0.6 is 0 Å². The number of rotatable bonds is 5. The van der Waals surface area contributed by atoms with Crippen molar-refractivity contribution in [3.05, 3.63) is 29.8 Å². The molecule has 0 heterocycles. The second-order valence-corrected chi connectivity index (χ2v) is 5.85. The van der Waals surface area contributed by atoms with Crippen LogP contribution in [0.1, 0.15) is 45.1 Å². The third-order valence-corrected chi connectivity index (χ3v) is 4.26. The van der Waals surface area contributed by atoms with E-state index in [9.17, 15) is 4.79 Å². The minimum absolute atomic E-state index is 0.0519. The van der Waals surface area contributed by atoms with E-state index in [-0.39, 0.29) is 5.91 Å². The van der Waals surface area contributed by atoms with Crippen molar-refractivity contribution in [1.29, 1.82) is 0 Å². The summed E-state index contributed by atoms with van der Waals surface area (Å²) in [5, 5.41) is 6.38. The number of anilines is 1. The number of nitrogens with one attached hydrogen (secondary N) is 2. The number of carbonyl (C=O) groups excluding carboxylic acids is 1. The number of benzene rings is 1. The quantitative estimate of drug-likeness (QED) is 0.864. The molecule has 0 saturated heterocycles. The van der Waals surface area contributed by atoms with Gasteiger partial charge < -0.3 is 10.6 Å². The Labute approximate surface area is 122 Å². The zero-order chi connectivity index (χ0) is 14.4. The first-order valence-corrected chi connectivity index (χ1v) is 7.81. The van der Waals surface area contributed by atoms with E-state index in [4.69, 9.17) is 0 Å². The molecular weight excluding hydrogens is 248 g/mol. The molecule has 2 atom stereocenters. The maximum absolute atomic E-state index is 12.0. The lowest BCUT2D eigenvalue weighted by molar-refractivity contribution is -0.115. The summed E-state index contributed by atoms with van der Waals surface area (Å²) in [7, 11) is 0. The van der Waals surface area contributed by atoms with Gasteiger partial charge in [-0.25, -0.2) is 0 Å². The van der Waals surface area contributed by atoms with E-state index in [0.717, 1.165) is 12.1 Å². The topological polar surface area (TPSA) is 41.1 Å². The molecule has 0 aliphatic heterocycles. The van der Waals surface area contributed by atoms with E-state index >= 15 is 0 Å². The highest BCUT2D eigenvalue weighted by atomic mass is 16.1. The van der Waals surface area contributed by atoms with Gasteiger partial charge in [-0.05, 0) is 42.9 Å². The fourth-order valence-corrected chi connectivity index (χ4v) is 2.92. The van der Waals surface area contributed by atoms with Crippen LogP contribution in [-0.2, 0) is 11.2 Å². The standard InChI is InChI=1S/C17H26N2O/c1-3-14-8-6-9-15(11-14)19-17(20)12-18-16-10-5-4-7-13(16)2/h6,8-9,11,13,16,18H,3-5,7,10,12H2,1-2H3,(H,19,20). The summed E-state index contributed by atoms with van der Waals surface area (Å²) in [6.45, 7) is 4.80. The highest BCUT2D eigenvalue weighted by Crippen LogP contribution is 2.23. The third-order valence-electron chi connectivity index (χ3n) is 4.26. The molecule has 2 unspecified atom stereocenters. The molecule has 110 valence electrons. The lowest BCUT2D eigenvalue weighted by Gasteiger charge is -2.29. The maximum Gasteiger partial charge on any atom is 0.238 e. The molecule has 3 heteroatoms.